The van der Waals surface area contributed by atoms with Crippen LogP contribution >= 0.6 is 0 Å². The van der Waals surface area contributed by atoms with E-state index in [0.717, 1.165) is 38.0 Å². The highest BCUT2D eigenvalue weighted by molar-refractivity contribution is 5.31. The highest BCUT2D eigenvalue weighted by Gasteiger charge is 2.18. The lowest BCUT2D eigenvalue weighted by Crippen LogP contribution is -2.37. The van der Waals surface area contributed by atoms with Gasteiger partial charge in [0.2, 0.25) is 0 Å². The molecule has 146 valence electrons. The Balaban J connectivity index is 0.000000192. The summed E-state index contributed by atoms with van der Waals surface area (Å²) in [5.74, 6) is -0.130. The molecule has 0 aromatic heterocycles. The van der Waals surface area contributed by atoms with E-state index in [1.807, 2.05) is 18.2 Å². The van der Waals surface area contributed by atoms with Crippen molar-refractivity contribution in [2.45, 2.75) is 38.9 Å². The van der Waals surface area contributed by atoms with Gasteiger partial charge in [-0.3, -0.25) is 0 Å². The molecule has 3 aromatic rings. The molecule has 0 radical (unpaired) electrons. The fourth-order valence-corrected chi connectivity index (χ4v) is 3.46. The molecule has 28 heavy (non-hydrogen) atoms. The molecular formula is C25H29FN2. The van der Waals surface area contributed by atoms with E-state index >= 15 is 0 Å². The molecule has 0 bridgehead atoms. The molecule has 1 aliphatic rings. The summed E-state index contributed by atoms with van der Waals surface area (Å²) in [6.07, 6.45) is 1.90. The SMILES string of the molecule is CCNCc1ccccc1.Fc1ccc2c(c1)CC(Cc1ccccc1)NC2. The molecule has 1 aliphatic heterocycles. The zero-order valence-corrected chi connectivity index (χ0v) is 16.5. The van der Waals surface area contributed by atoms with Crippen molar-refractivity contribution in [3.05, 3.63) is 107 Å². The lowest BCUT2D eigenvalue weighted by molar-refractivity contribution is 0.474. The number of benzene rings is 3. The van der Waals surface area contributed by atoms with Gasteiger partial charge in [-0.05, 0) is 53.8 Å². The fourth-order valence-electron chi connectivity index (χ4n) is 3.46. The Morgan fingerprint density at radius 3 is 2.25 bits per heavy atom. The summed E-state index contributed by atoms with van der Waals surface area (Å²) in [4.78, 5) is 0. The van der Waals surface area contributed by atoms with Gasteiger partial charge in [-0.1, -0.05) is 73.7 Å². The predicted octanol–water partition coefficient (Wildman–Crippen LogP) is 4.88. The minimum atomic E-state index is -0.130. The summed E-state index contributed by atoms with van der Waals surface area (Å²) in [5.41, 5.74) is 5.05. The zero-order valence-electron chi connectivity index (χ0n) is 16.5. The molecule has 0 aliphatic carbocycles. The fraction of sp³-hybridized carbons (Fsp3) is 0.280. The minimum Gasteiger partial charge on any atom is -0.313 e. The number of hydrogen-bond donors (Lipinski definition) is 2. The largest absolute Gasteiger partial charge is 0.313 e. The van der Waals surface area contributed by atoms with Crippen molar-refractivity contribution >= 4 is 0 Å². The molecule has 0 saturated heterocycles. The average molecular weight is 377 g/mol. The van der Waals surface area contributed by atoms with E-state index in [1.165, 1.54) is 22.8 Å². The summed E-state index contributed by atoms with van der Waals surface area (Å²) in [7, 11) is 0. The summed E-state index contributed by atoms with van der Waals surface area (Å²) in [6.45, 7) is 4.97. The predicted molar refractivity (Wildman–Crippen MR) is 115 cm³/mol. The Morgan fingerprint density at radius 1 is 0.893 bits per heavy atom. The second-order valence-corrected chi connectivity index (χ2v) is 7.15. The Hall–Kier alpha value is -2.49. The Morgan fingerprint density at radius 2 is 1.57 bits per heavy atom. The van der Waals surface area contributed by atoms with Crippen molar-refractivity contribution in [1.29, 1.82) is 0 Å². The molecule has 0 spiro atoms. The summed E-state index contributed by atoms with van der Waals surface area (Å²) in [6, 6.07) is 26.4. The van der Waals surface area contributed by atoms with Gasteiger partial charge >= 0.3 is 0 Å². The van der Waals surface area contributed by atoms with E-state index in [-0.39, 0.29) is 5.82 Å². The van der Waals surface area contributed by atoms with Gasteiger partial charge in [-0.15, -0.1) is 0 Å². The first-order chi connectivity index (χ1) is 13.7. The van der Waals surface area contributed by atoms with Gasteiger partial charge in [0.25, 0.3) is 0 Å². The highest BCUT2D eigenvalue weighted by Crippen LogP contribution is 2.19. The molecule has 2 nitrogen and oxygen atoms in total. The first-order valence-electron chi connectivity index (χ1n) is 10.0. The van der Waals surface area contributed by atoms with Gasteiger partial charge < -0.3 is 10.6 Å². The summed E-state index contributed by atoms with van der Waals surface area (Å²) < 4.78 is 13.2. The normalized spacial score (nSPS) is 15.3. The van der Waals surface area contributed by atoms with Gasteiger partial charge in [0.1, 0.15) is 5.82 Å². The molecule has 0 saturated carbocycles. The molecule has 1 heterocycles. The molecule has 4 rings (SSSR count). The second-order valence-electron chi connectivity index (χ2n) is 7.15. The van der Waals surface area contributed by atoms with E-state index < -0.39 is 0 Å². The molecule has 1 unspecified atom stereocenters. The lowest BCUT2D eigenvalue weighted by Gasteiger charge is -2.26. The van der Waals surface area contributed by atoms with Gasteiger partial charge in [-0.25, -0.2) is 4.39 Å². The number of rotatable bonds is 5. The van der Waals surface area contributed by atoms with Crippen LogP contribution in [0.2, 0.25) is 0 Å². The maximum atomic E-state index is 13.2. The van der Waals surface area contributed by atoms with Gasteiger partial charge in [0.05, 0.1) is 0 Å². The van der Waals surface area contributed by atoms with Crippen molar-refractivity contribution in [1.82, 2.24) is 10.6 Å². The van der Waals surface area contributed by atoms with Crippen LogP contribution in [0.5, 0.6) is 0 Å². The lowest BCUT2D eigenvalue weighted by atomic mass is 9.92. The third-order valence-corrected chi connectivity index (χ3v) is 4.96. The topological polar surface area (TPSA) is 24.1 Å². The molecule has 0 fully saturated rings. The maximum Gasteiger partial charge on any atom is 0.123 e. The number of halogens is 1. The van der Waals surface area contributed by atoms with Crippen LogP contribution in [0.15, 0.2) is 78.9 Å². The van der Waals surface area contributed by atoms with Crippen molar-refractivity contribution in [3.63, 3.8) is 0 Å². The summed E-state index contributed by atoms with van der Waals surface area (Å²) in [5, 5.41) is 6.79. The zero-order chi connectivity index (χ0) is 19.6. The quantitative estimate of drug-likeness (QED) is 0.663. The van der Waals surface area contributed by atoms with Crippen molar-refractivity contribution in [3.8, 4) is 0 Å². The van der Waals surface area contributed by atoms with E-state index in [0.29, 0.717) is 6.04 Å². The van der Waals surface area contributed by atoms with E-state index in [9.17, 15) is 4.39 Å². The number of hydrogen-bond acceptors (Lipinski definition) is 2. The third kappa shape index (κ3) is 6.29. The molecular weight excluding hydrogens is 347 g/mol. The van der Waals surface area contributed by atoms with Crippen molar-refractivity contribution < 1.29 is 4.39 Å². The van der Waals surface area contributed by atoms with Crippen molar-refractivity contribution in [2.75, 3.05) is 6.54 Å². The number of nitrogens with one attached hydrogen (secondary N) is 2. The Labute approximate surface area is 167 Å². The van der Waals surface area contributed by atoms with Crippen LogP contribution in [0.1, 0.15) is 29.2 Å². The van der Waals surface area contributed by atoms with Gasteiger partial charge in [-0.2, -0.15) is 0 Å². The smallest absolute Gasteiger partial charge is 0.123 e. The number of fused-ring (bicyclic) bond motifs is 1. The van der Waals surface area contributed by atoms with Crippen LogP contribution < -0.4 is 10.6 Å². The van der Waals surface area contributed by atoms with Crippen LogP contribution in [0.4, 0.5) is 4.39 Å². The molecule has 0 amide bonds. The van der Waals surface area contributed by atoms with Crippen LogP contribution in [0.25, 0.3) is 0 Å². The first-order valence-corrected chi connectivity index (χ1v) is 10.0. The second kappa shape index (κ2) is 10.7. The maximum absolute atomic E-state index is 13.2. The van der Waals surface area contributed by atoms with Crippen LogP contribution in [0.3, 0.4) is 0 Å². The van der Waals surface area contributed by atoms with Crippen LogP contribution in [-0.2, 0) is 25.9 Å². The third-order valence-electron chi connectivity index (χ3n) is 4.96. The highest BCUT2D eigenvalue weighted by atomic mass is 19.1. The molecule has 2 N–H and O–H groups in total. The van der Waals surface area contributed by atoms with E-state index in [1.54, 1.807) is 6.07 Å². The standard InChI is InChI=1S/C16H16FN.C9H13N/c17-15-7-6-13-11-18-16(10-14(13)9-15)8-12-4-2-1-3-5-12;1-2-10-8-9-6-4-3-5-7-9/h1-7,9,16,18H,8,10-11H2;3-7,10H,2,8H2,1H3. The van der Waals surface area contributed by atoms with Gasteiger partial charge in [0, 0.05) is 19.1 Å². The molecule has 3 heteroatoms. The van der Waals surface area contributed by atoms with Crippen molar-refractivity contribution in [2.24, 2.45) is 0 Å². The average Bonchev–Trinajstić information content (AvgIpc) is 2.74. The summed E-state index contributed by atoms with van der Waals surface area (Å²) >= 11 is 0. The van der Waals surface area contributed by atoms with Crippen LogP contribution in [-0.4, -0.2) is 12.6 Å². The van der Waals surface area contributed by atoms with E-state index in [2.05, 4.69) is 66.1 Å². The minimum absolute atomic E-state index is 0.130. The molecule has 1 atom stereocenters. The first kappa shape index (κ1) is 20.2. The Kier molecular flexibility index (Phi) is 7.77. The van der Waals surface area contributed by atoms with E-state index in [4.69, 9.17) is 0 Å². The van der Waals surface area contributed by atoms with Crippen LogP contribution in [0, 0.1) is 5.82 Å². The Bertz CT molecular complexity index is 834. The van der Waals surface area contributed by atoms with Gasteiger partial charge in [0.15, 0.2) is 0 Å². The monoisotopic (exact) mass is 376 g/mol. The molecule has 3 aromatic carbocycles.